The Hall–Kier alpha value is -3.17. The van der Waals surface area contributed by atoms with Gasteiger partial charge in [-0.1, -0.05) is 30.0 Å². The third-order valence-corrected chi connectivity index (χ3v) is 6.55. The number of benzene rings is 2. The Morgan fingerprint density at radius 3 is 2.68 bits per heavy atom. The largest absolute Gasteiger partial charge is 0.462 e. The van der Waals surface area contributed by atoms with Crippen LogP contribution in [0.1, 0.15) is 17.3 Å². The second-order valence-electron chi connectivity index (χ2n) is 6.65. The Bertz CT molecular complexity index is 1230. The minimum atomic E-state index is -0.382. The van der Waals surface area contributed by atoms with Crippen LogP contribution in [0.25, 0.3) is 21.5 Å². The highest BCUT2D eigenvalue weighted by molar-refractivity contribution is 7.99. The van der Waals surface area contributed by atoms with Gasteiger partial charge in [-0.05, 0) is 37.3 Å². The van der Waals surface area contributed by atoms with Crippen LogP contribution in [0.3, 0.4) is 0 Å². The number of hydrogen-bond acceptors (Lipinski definition) is 7. The van der Waals surface area contributed by atoms with E-state index in [9.17, 15) is 9.59 Å². The summed E-state index contributed by atoms with van der Waals surface area (Å²) in [6, 6.07) is 14.8. The molecule has 0 radical (unpaired) electrons. The van der Waals surface area contributed by atoms with E-state index in [-0.39, 0.29) is 17.6 Å². The van der Waals surface area contributed by atoms with E-state index in [0.29, 0.717) is 23.0 Å². The number of anilines is 1. The second-order valence-corrected chi connectivity index (χ2v) is 8.50. The van der Waals surface area contributed by atoms with Gasteiger partial charge in [0.15, 0.2) is 11.0 Å². The van der Waals surface area contributed by atoms with Crippen molar-refractivity contribution in [2.45, 2.75) is 12.1 Å². The number of nitrogens with zero attached hydrogens (tertiary/aromatic N) is 3. The quantitative estimate of drug-likeness (QED) is 0.326. The number of nitrogens with one attached hydrogen (secondary N) is 1. The molecule has 158 valence electrons. The number of ether oxygens (including phenoxy) is 1. The molecule has 31 heavy (non-hydrogen) atoms. The summed E-state index contributed by atoms with van der Waals surface area (Å²) in [5.74, 6) is 0.414. The van der Waals surface area contributed by atoms with Gasteiger partial charge in [0.2, 0.25) is 5.91 Å². The number of fused-ring (bicyclic) bond motifs is 1. The van der Waals surface area contributed by atoms with E-state index < -0.39 is 0 Å². The summed E-state index contributed by atoms with van der Waals surface area (Å²) >= 11 is 2.99. The molecular formula is C22H20N4O3S2. The molecule has 0 unspecified atom stereocenters. The molecule has 7 nitrogen and oxygen atoms in total. The van der Waals surface area contributed by atoms with Crippen molar-refractivity contribution in [1.82, 2.24) is 14.8 Å². The van der Waals surface area contributed by atoms with Gasteiger partial charge >= 0.3 is 5.97 Å². The van der Waals surface area contributed by atoms with E-state index in [4.69, 9.17) is 4.74 Å². The number of carbonyl (C=O) groups excluding carboxylic acids is 2. The maximum atomic E-state index is 12.3. The summed E-state index contributed by atoms with van der Waals surface area (Å²) in [6.45, 7) is 2.08. The van der Waals surface area contributed by atoms with E-state index >= 15 is 0 Å². The molecular weight excluding hydrogens is 432 g/mol. The van der Waals surface area contributed by atoms with Crippen molar-refractivity contribution in [2.75, 3.05) is 17.7 Å². The fourth-order valence-electron chi connectivity index (χ4n) is 3.06. The van der Waals surface area contributed by atoms with Gasteiger partial charge in [0.25, 0.3) is 0 Å². The maximum Gasteiger partial charge on any atom is 0.338 e. The molecule has 0 aliphatic rings. The summed E-state index contributed by atoms with van der Waals surface area (Å²) in [4.78, 5) is 24.1. The Kier molecular flexibility index (Phi) is 6.34. The van der Waals surface area contributed by atoms with Crippen molar-refractivity contribution in [3.05, 3.63) is 59.5 Å². The average Bonchev–Trinajstić information content (AvgIpc) is 3.36. The zero-order valence-electron chi connectivity index (χ0n) is 17.0. The van der Waals surface area contributed by atoms with E-state index in [1.165, 1.54) is 16.5 Å². The van der Waals surface area contributed by atoms with Crippen LogP contribution in [0.2, 0.25) is 0 Å². The molecule has 2 aromatic carbocycles. The molecule has 2 aromatic heterocycles. The van der Waals surface area contributed by atoms with Gasteiger partial charge in [0, 0.05) is 33.8 Å². The second kappa shape index (κ2) is 9.32. The van der Waals surface area contributed by atoms with Gasteiger partial charge in [-0.25, -0.2) is 4.79 Å². The van der Waals surface area contributed by atoms with Crippen molar-refractivity contribution in [3.63, 3.8) is 0 Å². The Labute approximate surface area is 187 Å². The van der Waals surface area contributed by atoms with Crippen LogP contribution in [-0.2, 0) is 16.6 Å². The third-order valence-electron chi connectivity index (χ3n) is 4.57. The van der Waals surface area contributed by atoms with Gasteiger partial charge in [-0.2, -0.15) is 0 Å². The van der Waals surface area contributed by atoms with E-state index in [1.807, 2.05) is 23.7 Å². The normalized spacial score (nSPS) is 10.9. The lowest BCUT2D eigenvalue weighted by Gasteiger charge is -2.07. The van der Waals surface area contributed by atoms with Gasteiger partial charge < -0.3 is 14.6 Å². The van der Waals surface area contributed by atoms with Gasteiger partial charge in [0.05, 0.1) is 17.9 Å². The molecule has 0 saturated carbocycles. The molecule has 1 N–H and O–H groups in total. The molecule has 0 spiro atoms. The van der Waals surface area contributed by atoms with Crippen LogP contribution in [0.4, 0.5) is 5.69 Å². The van der Waals surface area contributed by atoms with Gasteiger partial charge in [-0.3, -0.25) is 4.79 Å². The predicted octanol–water partition coefficient (Wildman–Crippen LogP) is 4.60. The maximum absolute atomic E-state index is 12.3. The van der Waals surface area contributed by atoms with Gasteiger partial charge in [0.1, 0.15) is 0 Å². The minimum Gasteiger partial charge on any atom is -0.462 e. The summed E-state index contributed by atoms with van der Waals surface area (Å²) in [7, 11) is 1.90. The van der Waals surface area contributed by atoms with Crippen LogP contribution in [0.5, 0.6) is 0 Å². The number of thiophene rings is 1. The minimum absolute atomic E-state index is 0.167. The molecule has 4 aromatic rings. The molecule has 4 rings (SSSR count). The highest BCUT2D eigenvalue weighted by atomic mass is 32.2. The highest BCUT2D eigenvalue weighted by Gasteiger charge is 2.16. The van der Waals surface area contributed by atoms with E-state index in [2.05, 4.69) is 33.0 Å². The van der Waals surface area contributed by atoms with E-state index in [1.54, 1.807) is 42.5 Å². The lowest BCUT2D eigenvalue weighted by molar-refractivity contribution is -0.113. The van der Waals surface area contributed by atoms with Crippen molar-refractivity contribution in [3.8, 4) is 11.4 Å². The number of thioether (sulfide) groups is 1. The first-order valence-corrected chi connectivity index (χ1v) is 11.5. The van der Waals surface area contributed by atoms with Crippen molar-refractivity contribution in [1.29, 1.82) is 0 Å². The smallest absolute Gasteiger partial charge is 0.338 e. The zero-order chi connectivity index (χ0) is 21.8. The number of aromatic nitrogens is 3. The molecule has 0 bridgehead atoms. The van der Waals surface area contributed by atoms with Crippen LogP contribution in [-0.4, -0.2) is 39.0 Å². The lowest BCUT2D eigenvalue weighted by atomic mass is 10.2. The van der Waals surface area contributed by atoms with Crippen LogP contribution in [0, 0.1) is 0 Å². The molecule has 0 fully saturated rings. The first kappa shape index (κ1) is 21.1. The first-order valence-electron chi connectivity index (χ1n) is 9.62. The molecule has 0 saturated heterocycles. The molecule has 1 amide bonds. The predicted molar refractivity (Wildman–Crippen MR) is 124 cm³/mol. The number of rotatable bonds is 7. The summed E-state index contributed by atoms with van der Waals surface area (Å²) in [6.07, 6.45) is 0. The fraction of sp³-hybridized carbons (Fsp3) is 0.182. The SMILES string of the molecule is CCOC(=O)c1ccc(NC(=O)CSc2nnc(-c3csc4ccccc34)n2C)cc1. The number of carbonyl (C=O) groups is 2. The van der Waals surface area contributed by atoms with Crippen LogP contribution in [0.15, 0.2) is 59.1 Å². The lowest BCUT2D eigenvalue weighted by Crippen LogP contribution is -2.14. The zero-order valence-corrected chi connectivity index (χ0v) is 18.6. The van der Waals surface area contributed by atoms with E-state index in [0.717, 1.165) is 16.8 Å². The topological polar surface area (TPSA) is 86.1 Å². The molecule has 0 aliphatic heterocycles. The van der Waals surface area contributed by atoms with Gasteiger partial charge in [-0.15, -0.1) is 21.5 Å². The summed E-state index contributed by atoms with van der Waals surface area (Å²) in [5, 5.41) is 15.3. The van der Waals surface area contributed by atoms with Crippen LogP contribution < -0.4 is 5.32 Å². The van der Waals surface area contributed by atoms with Crippen molar-refractivity contribution in [2.24, 2.45) is 7.05 Å². The third kappa shape index (κ3) is 4.62. The summed E-state index contributed by atoms with van der Waals surface area (Å²) < 4.78 is 8.06. The van der Waals surface area contributed by atoms with Crippen molar-refractivity contribution < 1.29 is 14.3 Å². The Morgan fingerprint density at radius 1 is 1.13 bits per heavy atom. The Balaban J connectivity index is 1.38. The molecule has 2 heterocycles. The standard InChI is InChI=1S/C22H20N4O3S2/c1-3-29-21(28)14-8-10-15(11-9-14)23-19(27)13-31-22-25-24-20(26(22)2)17-12-30-18-7-5-4-6-16(17)18/h4-12H,3,13H2,1-2H3,(H,23,27). The number of esters is 1. The molecule has 0 aliphatic carbocycles. The first-order chi connectivity index (χ1) is 15.1. The monoisotopic (exact) mass is 452 g/mol. The molecule has 9 heteroatoms. The highest BCUT2D eigenvalue weighted by Crippen LogP contribution is 2.33. The number of amides is 1. The van der Waals surface area contributed by atoms with Crippen molar-refractivity contribution >= 4 is 50.7 Å². The number of hydrogen-bond donors (Lipinski definition) is 1. The average molecular weight is 453 g/mol. The fourth-order valence-corrected chi connectivity index (χ4v) is 4.71. The molecule has 0 atom stereocenters. The Morgan fingerprint density at radius 2 is 1.90 bits per heavy atom. The van der Waals surface area contributed by atoms with Crippen LogP contribution >= 0.6 is 23.1 Å². The summed E-state index contributed by atoms with van der Waals surface area (Å²) in [5.41, 5.74) is 2.09.